The van der Waals surface area contributed by atoms with Crippen LogP contribution in [-0.4, -0.2) is 0 Å². The van der Waals surface area contributed by atoms with Crippen LogP contribution in [0.3, 0.4) is 0 Å². The van der Waals surface area contributed by atoms with Crippen molar-refractivity contribution in [3.63, 3.8) is 0 Å². The Labute approximate surface area is 59.1 Å². The van der Waals surface area contributed by atoms with E-state index in [-0.39, 0.29) is 5.56 Å². The normalized spacial score (nSPS) is 9.90. The summed E-state index contributed by atoms with van der Waals surface area (Å²) in [6.45, 7) is 2.98. The van der Waals surface area contributed by atoms with Crippen LogP contribution >= 0.6 is 0 Å². The van der Waals surface area contributed by atoms with E-state index >= 15 is 0 Å². The lowest BCUT2D eigenvalue weighted by molar-refractivity contribution is 0.173. The van der Waals surface area contributed by atoms with E-state index in [4.69, 9.17) is 0 Å². The molecule has 0 saturated carbocycles. The highest BCUT2D eigenvalue weighted by Crippen LogP contribution is 2.11. The molecule has 2 radical (unpaired) electrons. The van der Waals surface area contributed by atoms with Crippen molar-refractivity contribution in [1.29, 1.82) is 0 Å². The number of benzene rings is 1. The van der Waals surface area contributed by atoms with Gasteiger partial charge in [-0.2, -0.15) is 0 Å². The smallest absolute Gasteiger partial charge is 0.129 e. The summed E-state index contributed by atoms with van der Waals surface area (Å²) in [4.78, 5) is 0. The van der Waals surface area contributed by atoms with E-state index in [1.165, 1.54) is 12.1 Å². The molecule has 0 aromatic heterocycles. The van der Waals surface area contributed by atoms with Gasteiger partial charge in [0.15, 0.2) is 0 Å². The second kappa shape index (κ2) is 2.80. The van der Waals surface area contributed by atoms with Crippen LogP contribution in [0.2, 0.25) is 0 Å². The van der Waals surface area contributed by atoms with Gasteiger partial charge in [0.05, 0.1) is 0 Å². The minimum absolute atomic E-state index is 0.169. The van der Waals surface area contributed by atoms with E-state index < -0.39 is 12.4 Å². The molecule has 0 aliphatic carbocycles. The summed E-state index contributed by atoms with van der Waals surface area (Å²) in [5.74, 6) is -0.456. The third kappa shape index (κ3) is 1.16. The van der Waals surface area contributed by atoms with Gasteiger partial charge >= 0.3 is 0 Å². The third-order valence-corrected chi connectivity index (χ3v) is 1.36. The summed E-state index contributed by atoms with van der Waals surface area (Å²) in [6.07, 6.45) is 0. The van der Waals surface area contributed by atoms with Crippen LogP contribution in [0.25, 0.3) is 0 Å². The van der Waals surface area contributed by atoms with E-state index in [2.05, 4.69) is 6.92 Å². The zero-order chi connectivity index (χ0) is 7.56. The second-order valence-corrected chi connectivity index (χ2v) is 2.02. The predicted molar refractivity (Wildman–Crippen MR) is 35.2 cm³/mol. The number of hydrogen-bond acceptors (Lipinski definition) is 0. The van der Waals surface area contributed by atoms with Gasteiger partial charge in [-0.3, -0.25) is 0 Å². The van der Waals surface area contributed by atoms with Gasteiger partial charge in [-0.15, -0.1) is 0 Å². The maximum absolute atomic E-state index is 12.6. The fourth-order valence-electron chi connectivity index (χ4n) is 0.765. The van der Waals surface area contributed by atoms with Crippen LogP contribution < -0.4 is 0 Å². The van der Waals surface area contributed by atoms with E-state index in [0.29, 0.717) is 5.56 Å². The first-order valence-corrected chi connectivity index (χ1v) is 2.93. The molecule has 2 heteroatoms. The SMILES string of the molecule is [CH2]c1cccc(F)c1C[O]. The first kappa shape index (κ1) is 7.22. The molecule has 0 heterocycles. The van der Waals surface area contributed by atoms with E-state index in [1.54, 1.807) is 6.07 Å². The van der Waals surface area contributed by atoms with E-state index in [0.717, 1.165) is 0 Å². The van der Waals surface area contributed by atoms with Crippen LogP contribution in [0, 0.1) is 12.7 Å². The van der Waals surface area contributed by atoms with E-state index in [1.807, 2.05) is 0 Å². The lowest BCUT2D eigenvalue weighted by Gasteiger charge is -1.99. The topological polar surface area (TPSA) is 19.9 Å². The van der Waals surface area contributed by atoms with Gasteiger partial charge in [0, 0.05) is 5.56 Å². The fourth-order valence-corrected chi connectivity index (χ4v) is 0.765. The largest absolute Gasteiger partial charge is 0.231 e. The van der Waals surface area contributed by atoms with Gasteiger partial charge in [0.1, 0.15) is 12.4 Å². The summed E-state index contributed by atoms with van der Waals surface area (Å²) in [7, 11) is 0. The Balaban J connectivity index is 3.17. The monoisotopic (exact) mass is 138 g/mol. The molecule has 0 aliphatic heterocycles. The first-order chi connectivity index (χ1) is 4.75. The molecule has 0 amide bonds. The van der Waals surface area contributed by atoms with Gasteiger partial charge in [0.25, 0.3) is 0 Å². The summed E-state index contributed by atoms with van der Waals surface area (Å²) < 4.78 is 12.6. The molecule has 1 nitrogen and oxygen atoms in total. The van der Waals surface area contributed by atoms with Gasteiger partial charge < -0.3 is 0 Å². The molecule has 0 atom stereocenters. The zero-order valence-electron chi connectivity index (χ0n) is 5.43. The average Bonchev–Trinajstić information content (AvgIpc) is 1.88. The molecule has 1 rings (SSSR count). The quantitative estimate of drug-likeness (QED) is 0.565. The van der Waals surface area contributed by atoms with E-state index in [9.17, 15) is 9.50 Å². The summed E-state index contributed by atoms with van der Waals surface area (Å²) in [5, 5.41) is 10.3. The third-order valence-electron chi connectivity index (χ3n) is 1.36. The van der Waals surface area contributed by atoms with Gasteiger partial charge in [-0.1, -0.05) is 12.1 Å². The summed E-state index contributed by atoms with van der Waals surface area (Å²) in [6, 6.07) is 4.43. The molecule has 0 fully saturated rings. The fraction of sp³-hybridized carbons (Fsp3) is 0.125. The highest BCUT2D eigenvalue weighted by molar-refractivity contribution is 5.29. The number of hydrogen-bond donors (Lipinski definition) is 0. The van der Waals surface area contributed by atoms with Gasteiger partial charge in [0.2, 0.25) is 0 Å². The van der Waals surface area contributed by atoms with Crippen LogP contribution in [0.5, 0.6) is 0 Å². The van der Waals surface area contributed by atoms with Crippen LogP contribution in [0.4, 0.5) is 4.39 Å². The van der Waals surface area contributed by atoms with Gasteiger partial charge in [-0.25, -0.2) is 9.50 Å². The molecule has 52 valence electrons. The average molecular weight is 138 g/mol. The highest BCUT2D eigenvalue weighted by atomic mass is 19.1. The minimum Gasteiger partial charge on any atom is -0.231 e. The Bertz CT molecular complexity index is 212. The Morgan fingerprint density at radius 2 is 2.20 bits per heavy atom. The summed E-state index contributed by atoms with van der Waals surface area (Å²) >= 11 is 0. The maximum Gasteiger partial charge on any atom is 0.129 e. The molecule has 0 bridgehead atoms. The standard InChI is InChI=1S/C8H7FO/c1-6-3-2-4-8(9)7(6)5-10/h2-4H,1,5H2. The highest BCUT2D eigenvalue weighted by Gasteiger charge is 2.02. The second-order valence-electron chi connectivity index (χ2n) is 2.02. The lowest BCUT2D eigenvalue weighted by atomic mass is 10.1. The van der Waals surface area contributed by atoms with Crippen LogP contribution in [0.1, 0.15) is 11.1 Å². The Morgan fingerprint density at radius 1 is 1.50 bits per heavy atom. The van der Waals surface area contributed by atoms with Crippen molar-refractivity contribution >= 4 is 0 Å². The molecule has 0 aliphatic rings. The lowest BCUT2D eigenvalue weighted by Crippen LogP contribution is -1.91. The molecular formula is C8H7FO. The van der Waals surface area contributed by atoms with Crippen LogP contribution in [-0.2, 0) is 11.7 Å². The van der Waals surface area contributed by atoms with Crippen LogP contribution in [0.15, 0.2) is 18.2 Å². The minimum atomic E-state index is -0.536. The predicted octanol–water partition coefficient (Wildman–Crippen LogP) is 1.94. The maximum atomic E-state index is 12.6. The molecule has 1 aromatic carbocycles. The molecule has 1 aromatic rings. The molecule has 0 N–H and O–H groups in total. The number of rotatable bonds is 1. The van der Waals surface area contributed by atoms with Crippen molar-refractivity contribution in [3.05, 3.63) is 42.1 Å². The van der Waals surface area contributed by atoms with Gasteiger partial charge in [-0.05, 0) is 18.6 Å². The van der Waals surface area contributed by atoms with Crippen molar-refractivity contribution in [2.75, 3.05) is 0 Å². The van der Waals surface area contributed by atoms with Crippen molar-refractivity contribution < 1.29 is 9.50 Å². The van der Waals surface area contributed by atoms with Crippen molar-refractivity contribution in [1.82, 2.24) is 0 Å². The molecule has 10 heavy (non-hydrogen) atoms. The Hall–Kier alpha value is -0.890. The molecule has 0 unspecified atom stereocenters. The Morgan fingerprint density at radius 3 is 2.60 bits per heavy atom. The van der Waals surface area contributed by atoms with Crippen molar-refractivity contribution in [3.8, 4) is 0 Å². The molecular weight excluding hydrogens is 131 g/mol. The first-order valence-electron chi connectivity index (χ1n) is 2.93. The number of halogens is 1. The molecule has 0 spiro atoms. The molecule has 0 saturated heterocycles. The van der Waals surface area contributed by atoms with Crippen molar-refractivity contribution in [2.24, 2.45) is 0 Å². The zero-order valence-corrected chi connectivity index (χ0v) is 5.43. The Kier molecular flexibility index (Phi) is 2.02. The van der Waals surface area contributed by atoms with Crippen molar-refractivity contribution in [2.45, 2.75) is 6.61 Å². The summed E-state index contributed by atoms with van der Waals surface area (Å²) in [5.41, 5.74) is 0.650.